The second-order valence-electron chi connectivity index (χ2n) is 4.26. The van der Waals surface area contributed by atoms with Gasteiger partial charge in [0.15, 0.2) is 0 Å². The Morgan fingerprint density at radius 3 is 2.45 bits per heavy atom. The zero-order valence-electron chi connectivity index (χ0n) is 10.3. The van der Waals surface area contributed by atoms with Crippen LogP contribution in [0.3, 0.4) is 0 Å². The fraction of sp³-hybridized carbons (Fsp3) is 0.0833. The quantitative estimate of drug-likeness (QED) is 0.632. The summed E-state index contributed by atoms with van der Waals surface area (Å²) in [5, 5.41) is 9.25. The molecule has 2 aromatic carbocycles. The van der Waals surface area contributed by atoms with Gasteiger partial charge in [-0.05, 0) is 33.0 Å². The van der Waals surface area contributed by atoms with E-state index in [2.05, 4.69) is 14.6 Å². The molecule has 0 saturated carbocycles. The van der Waals surface area contributed by atoms with E-state index in [1.54, 1.807) is 12.1 Å². The first-order valence-corrected chi connectivity index (χ1v) is 7.44. The van der Waals surface area contributed by atoms with E-state index in [1.165, 1.54) is 0 Å². The average Bonchev–Trinajstić information content (AvgIpc) is 2.39. The smallest absolute Gasteiger partial charge is 0.265 e. The molecule has 3 rings (SSSR count). The van der Waals surface area contributed by atoms with Crippen molar-refractivity contribution in [3.8, 4) is 0 Å². The molecule has 0 fully saturated rings. The zero-order valence-corrected chi connectivity index (χ0v) is 11.2. The normalized spacial score (nSPS) is 11.8. The topological polar surface area (TPSA) is 91.2 Å². The van der Waals surface area contributed by atoms with E-state index >= 15 is 0 Å². The van der Waals surface area contributed by atoms with E-state index in [-0.39, 0.29) is 5.39 Å². The molecular formula is C12H9N3O4S. The van der Waals surface area contributed by atoms with Gasteiger partial charge in [-0.25, -0.2) is 0 Å². The average molecular weight is 291 g/mol. The number of aromatic nitrogens is 3. The van der Waals surface area contributed by atoms with Crippen LogP contribution >= 0.6 is 0 Å². The number of hydrogen-bond donors (Lipinski definition) is 0. The van der Waals surface area contributed by atoms with E-state index in [9.17, 15) is 13.2 Å². The Hall–Kier alpha value is -2.48. The molecule has 102 valence electrons. The van der Waals surface area contributed by atoms with Crippen molar-refractivity contribution in [3.05, 3.63) is 46.8 Å². The summed E-state index contributed by atoms with van der Waals surface area (Å²) in [6.07, 6.45) is 0.825. The summed E-state index contributed by atoms with van der Waals surface area (Å²) >= 11 is 0. The molecule has 0 bridgehead atoms. The van der Waals surface area contributed by atoms with Crippen LogP contribution in [0.15, 0.2) is 41.2 Å². The molecule has 0 N–H and O–H groups in total. The maximum Gasteiger partial charge on any atom is 0.325 e. The molecule has 0 spiro atoms. The molecule has 1 aromatic heterocycles. The molecule has 7 nitrogen and oxygen atoms in total. The Labute approximate surface area is 113 Å². The van der Waals surface area contributed by atoms with Gasteiger partial charge in [-0.15, -0.1) is 5.10 Å². The number of benzene rings is 2. The molecule has 0 amide bonds. The molecule has 1 heterocycles. The predicted octanol–water partition coefficient (Wildman–Crippen LogP) is 0.333. The summed E-state index contributed by atoms with van der Waals surface area (Å²) in [5.41, 5.74) is -0.298. The lowest BCUT2D eigenvalue weighted by atomic mass is 10.1. The Bertz CT molecular complexity index is 979. The third-order valence-corrected chi connectivity index (χ3v) is 3.12. The van der Waals surface area contributed by atoms with Gasteiger partial charge in [0.05, 0.1) is 11.6 Å². The van der Waals surface area contributed by atoms with Gasteiger partial charge >= 0.3 is 15.7 Å². The van der Waals surface area contributed by atoms with Crippen molar-refractivity contribution in [2.24, 2.45) is 0 Å². The van der Waals surface area contributed by atoms with Crippen molar-refractivity contribution in [1.29, 1.82) is 0 Å². The van der Waals surface area contributed by atoms with Crippen molar-refractivity contribution in [3.63, 3.8) is 0 Å². The highest BCUT2D eigenvalue weighted by atomic mass is 32.2. The van der Waals surface area contributed by atoms with Crippen LogP contribution in [0.2, 0.25) is 0 Å². The fourth-order valence-corrected chi connectivity index (χ4v) is 2.25. The molecule has 3 aromatic rings. The van der Waals surface area contributed by atoms with Crippen molar-refractivity contribution < 1.29 is 12.7 Å². The lowest BCUT2D eigenvalue weighted by Crippen LogP contribution is -2.33. The van der Waals surface area contributed by atoms with Gasteiger partial charge in [0.2, 0.25) is 0 Å². The highest BCUT2D eigenvalue weighted by Crippen LogP contribution is 2.18. The lowest BCUT2D eigenvalue weighted by Gasteiger charge is -2.04. The van der Waals surface area contributed by atoms with Crippen molar-refractivity contribution in [1.82, 2.24) is 15.2 Å². The summed E-state index contributed by atoms with van der Waals surface area (Å²) in [6, 6.07) is 10.8. The molecule has 0 aliphatic carbocycles. The van der Waals surface area contributed by atoms with Crippen molar-refractivity contribution >= 4 is 31.8 Å². The number of hydrogen-bond acceptors (Lipinski definition) is 6. The molecule has 0 radical (unpaired) electrons. The molecule has 0 unspecified atom stereocenters. The predicted molar refractivity (Wildman–Crippen MR) is 72.7 cm³/mol. The number of fused-ring (bicyclic) bond motifs is 2. The van der Waals surface area contributed by atoms with Crippen LogP contribution in [-0.2, 0) is 10.1 Å². The van der Waals surface area contributed by atoms with Crippen LogP contribution in [0.1, 0.15) is 0 Å². The van der Waals surface area contributed by atoms with Gasteiger partial charge in [-0.3, -0.25) is 9.08 Å². The molecule has 0 aliphatic rings. The van der Waals surface area contributed by atoms with E-state index in [0.717, 1.165) is 17.0 Å². The maximum atomic E-state index is 12.1. The van der Waals surface area contributed by atoms with Crippen molar-refractivity contribution in [2.75, 3.05) is 6.26 Å². The highest BCUT2D eigenvalue weighted by Gasteiger charge is 2.11. The minimum atomic E-state index is -3.85. The molecule has 0 aliphatic heterocycles. The van der Waals surface area contributed by atoms with E-state index < -0.39 is 15.7 Å². The number of rotatable bonds is 2. The van der Waals surface area contributed by atoms with Gasteiger partial charge in [0.25, 0.3) is 0 Å². The zero-order chi connectivity index (χ0) is 14.3. The van der Waals surface area contributed by atoms with Crippen LogP contribution in [-0.4, -0.2) is 29.8 Å². The van der Waals surface area contributed by atoms with E-state index in [4.69, 9.17) is 0 Å². The summed E-state index contributed by atoms with van der Waals surface area (Å²) in [4.78, 5) is 12.5. The monoisotopic (exact) mass is 291 g/mol. The largest absolute Gasteiger partial charge is 0.325 e. The Balaban J connectivity index is 2.32. The molecular weight excluding hydrogens is 282 g/mol. The summed E-state index contributed by atoms with van der Waals surface area (Å²) in [5.74, 6) is 0. The van der Waals surface area contributed by atoms with E-state index in [1.807, 2.05) is 24.3 Å². The van der Waals surface area contributed by atoms with Gasteiger partial charge in [-0.1, -0.05) is 24.3 Å². The molecule has 8 heteroatoms. The number of nitrogens with zero attached hydrogens (tertiary/aromatic N) is 3. The second-order valence-corrected chi connectivity index (χ2v) is 5.82. The molecule has 0 atom stereocenters. The second kappa shape index (κ2) is 4.27. The SMILES string of the molecule is CS(=O)(=O)On1nnc2cc3ccccc3cc2c1=O. The molecule has 0 saturated heterocycles. The van der Waals surface area contributed by atoms with Crippen molar-refractivity contribution in [2.45, 2.75) is 0 Å². The minimum Gasteiger partial charge on any atom is -0.265 e. The van der Waals surface area contributed by atoms with Crippen LogP contribution in [0, 0.1) is 0 Å². The highest BCUT2D eigenvalue weighted by molar-refractivity contribution is 7.86. The third-order valence-electron chi connectivity index (χ3n) is 2.71. The minimum absolute atomic E-state index is 0.238. The summed E-state index contributed by atoms with van der Waals surface area (Å²) in [7, 11) is -3.85. The van der Waals surface area contributed by atoms with Gasteiger partial charge < -0.3 is 0 Å². The Morgan fingerprint density at radius 1 is 1.15 bits per heavy atom. The van der Waals surface area contributed by atoms with Crippen LogP contribution in [0.5, 0.6) is 0 Å². The lowest BCUT2D eigenvalue weighted by molar-refractivity contribution is 0.218. The van der Waals surface area contributed by atoms with Crippen LogP contribution in [0.25, 0.3) is 21.7 Å². The van der Waals surface area contributed by atoms with Gasteiger partial charge in [0, 0.05) is 0 Å². The first kappa shape index (κ1) is 12.5. The van der Waals surface area contributed by atoms with Crippen LogP contribution < -0.4 is 9.84 Å². The standard InChI is InChI=1S/C12H9N3O4S/c1-20(17,18)19-15-12(16)10-6-8-4-2-3-5-9(8)7-11(10)13-14-15/h2-7H,1H3. The first-order valence-electron chi connectivity index (χ1n) is 5.62. The van der Waals surface area contributed by atoms with Gasteiger partial charge in [-0.2, -0.15) is 8.42 Å². The fourth-order valence-electron chi connectivity index (χ4n) is 1.89. The first-order chi connectivity index (χ1) is 9.44. The van der Waals surface area contributed by atoms with Gasteiger partial charge in [0.1, 0.15) is 5.52 Å². The van der Waals surface area contributed by atoms with Crippen LogP contribution in [0.4, 0.5) is 0 Å². The Kier molecular flexibility index (Phi) is 2.68. The van der Waals surface area contributed by atoms with E-state index in [0.29, 0.717) is 10.4 Å². The molecule has 20 heavy (non-hydrogen) atoms. The summed E-state index contributed by atoms with van der Waals surface area (Å²) < 4.78 is 26.6. The Morgan fingerprint density at radius 2 is 1.80 bits per heavy atom. The maximum absolute atomic E-state index is 12.1. The summed E-state index contributed by atoms with van der Waals surface area (Å²) in [6.45, 7) is 0. The third kappa shape index (κ3) is 2.21.